The Kier molecular flexibility index (Phi) is 1.51. The van der Waals surface area contributed by atoms with Gasteiger partial charge < -0.3 is 5.73 Å². The summed E-state index contributed by atoms with van der Waals surface area (Å²) in [5.74, 6) is 0. The Morgan fingerprint density at radius 1 is 1.46 bits per heavy atom. The number of rotatable bonds is 0. The molecule has 1 aromatic carbocycles. The zero-order valence-corrected chi connectivity index (χ0v) is 7.06. The lowest BCUT2D eigenvalue weighted by atomic mass is 10.2. The van der Waals surface area contributed by atoms with E-state index in [9.17, 15) is 4.79 Å². The SMILES string of the molecule is Cn1nnc2ccc(N)cc2c1=O. The molecule has 0 aliphatic heterocycles. The highest BCUT2D eigenvalue weighted by atomic mass is 16.1. The molecule has 0 amide bonds. The first-order valence-corrected chi connectivity index (χ1v) is 3.78. The fourth-order valence-corrected chi connectivity index (χ4v) is 1.14. The van der Waals surface area contributed by atoms with Crippen LogP contribution in [-0.2, 0) is 7.05 Å². The molecule has 0 radical (unpaired) electrons. The number of nitrogens with two attached hydrogens (primary N) is 1. The maximum atomic E-state index is 11.5. The predicted octanol–water partition coefficient (Wildman–Crippen LogP) is -0.0893. The van der Waals surface area contributed by atoms with Crippen LogP contribution in [0.2, 0.25) is 0 Å². The van der Waals surface area contributed by atoms with Crippen molar-refractivity contribution < 1.29 is 0 Å². The van der Waals surface area contributed by atoms with Gasteiger partial charge in [-0.15, -0.1) is 5.10 Å². The van der Waals surface area contributed by atoms with E-state index in [1.54, 1.807) is 25.2 Å². The normalized spacial score (nSPS) is 10.5. The minimum absolute atomic E-state index is 0.183. The first-order chi connectivity index (χ1) is 6.18. The van der Waals surface area contributed by atoms with E-state index in [1.165, 1.54) is 4.68 Å². The lowest BCUT2D eigenvalue weighted by Gasteiger charge is -1.98. The fourth-order valence-electron chi connectivity index (χ4n) is 1.14. The molecule has 2 N–H and O–H groups in total. The molecule has 13 heavy (non-hydrogen) atoms. The summed E-state index contributed by atoms with van der Waals surface area (Å²) in [5.41, 5.74) is 6.48. The van der Waals surface area contributed by atoms with Gasteiger partial charge in [0.25, 0.3) is 5.56 Å². The van der Waals surface area contributed by atoms with Crippen molar-refractivity contribution in [1.29, 1.82) is 0 Å². The second-order valence-corrected chi connectivity index (χ2v) is 2.79. The molecular weight excluding hydrogens is 168 g/mol. The third kappa shape index (κ3) is 1.14. The molecule has 5 heteroatoms. The minimum Gasteiger partial charge on any atom is -0.399 e. The molecule has 66 valence electrons. The zero-order chi connectivity index (χ0) is 9.42. The summed E-state index contributed by atoms with van der Waals surface area (Å²) in [6.07, 6.45) is 0. The molecule has 0 spiro atoms. The Balaban J connectivity index is 2.97. The van der Waals surface area contributed by atoms with E-state index in [0.29, 0.717) is 16.6 Å². The average Bonchev–Trinajstić information content (AvgIpc) is 2.12. The van der Waals surface area contributed by atoms with Crippen LogP contribution >= 0.6 is 0 Å². The van der Waals surface area contributed by atoms with E-state index < -0.39 is 0 Å². The van der Waals surface area contributed by atoms with Crippen molar-refractivity contribution in [2.24, 2.45) is 7.05 Å². The number of fused-ring (bicyclic) bond motifs is 1. The van der Waals surface area contributed by atoms with Gasteiger partial charge in [-0.3, -0.25) is 4.79 Å². The first-order valence-electron chi connectivity index (χ1n) is 3.78. The Hall–Kier alpha value is -1.91. The number of hydrogen-bond acceptors (Lipinski definition) is 4. The summed E-state index contributed by atoms with van der Waals surface area (Å²) in [6.45, 7) is 0. The molecule has 2 rings (SSSR count). The van der Waals surface area contributed by atoms with Crippen molar-refractivity contribution in [3.8, 4) is 0 Å². The molecule has 1 aromatic heterocycles. The van der Waals surface area contributed by atoms with Crippen LogP contribution < -0.4 is 11.3 Å². The van der Waals surface area contributed by atoms with Crippen molar-refractivity contribution in [1.82, 2.24) is 15.0 Å². The van der Waals surface area contributed by atoms with Gasteiger partial charge in [0.2, 0.25) is 0 Å². The summed E-state index contributed by atoms with van der Waals surface area (Å²) < 4.78 is 1.18. The van der Waals surface area contributed by atoms with Crippen molar-refractivity contribution in [3.63, 3.8) is 0 Å². The number of benzene rings is 1. The highest BCUT2D eigenvalue weighted by Crippen LogP contribution is 2.09. The van der Waals surface area contributed by atoms with E-state index in [2.05, 4.69) is 10.3 Å². The largest absolute Gasteiger partial charge is 0.399 e. The number of nitrogen functional groups attached to an aromatic ring is 1. The van der Waals surface area contributed by atoms with Crippen LogP contribution in [0.15, 0.2) is 23.0 Å². The molecule has 0 saturated carbocycles. The van der Waals surface area contributed by atoms with Gasteiger partial charge in [-0.1, -0.05) is 5.21 Å². The van der Waals surface area contributed by atoms with E-state index >= 15 is 0 Å². The number of aromatic nitrogens is 3. The fraction of sp³-hybridized carbons (Fsp3) is 0.125. The van der Waals surface area contributed by atoms with Crippen LogP contribution in [0.5, 0.6) is 0 Å². The molecule has 0 aliphatic rings. The molecule has 0 bridgehead atoms. The highest BCUT2D eigenvalue weighted by molar-refractivity contribution is 5.80. The lowest BCUT2D eigenvalue weighted by molar-refractivity contribution is 0.657. The van der Waals surface area contributed by atoms with Gasteiger partial charge in [-0.25, -0.2) is 4.68 Å². The van der Waals surface area contributed by atoms with Crippen LogP contribution in [0.25, 0.3) is 10.9 Å². The van der Waals surface area contributed by atoms with E-state index in [4.69, 9.17) is 5.73 Å². The summed E-state index contributed by atoms with van der Waals surface area (Å²) in [6, 6.07) is 4.97. The van der Waals surface area contributed by atoms with Crippen molar-refractivity contribution in [3.05, 3.63) is 28.6 Å². The van der Waals surface area contributed by atoms with Gasteiger partial charge in [0, 0.05) is 12.7 Å². The van der Waals surface area contributed by atoms with Gasteiger partial charge in [0.15, 0.2) is 0 Å². The Bertz CT molecular complexity index is 512. The highest BCUT2D eigenvalue weighted by Gasteiger charge is 2.01. The van der Waals surface area contributed by atoms with Gasteiger partial charge in [-0.2, -0.15) is 0 Å². The molecule has 0 aliphatic carbocycles. The van der Waals surface area contributed by atoms with Crippen LogP contribution in [0.1, 0.15) is 0 Å². The Morgan fingerprint density at radius 2 is 2.23 bits per heavy atom. The van der Waals surface area contributed by atoms with Crippen LogP contribution in [0.4, 0.5) is 5.69 Å². The summed E-state index contributed by atoms with van der Waals surface area (Å²) in [7, 11) is 1.55. The lowest BCUT2D eigenvalue weighted by Crippen LogP contribution is -2.20. The van der Waals surface area contributed by atoms with Crippen LogP contribution in [-0.4, -0.2) is 15.0 Å². The standard InChI is InChI=1S/C8H8N4O/c1-12-8(13)6-4-5(9)2-3-7(6)10-11-12/h2-4H,9H2,1H3. The van der Waals surface area contributed by atoms with Gasteiger partial charge >= 0.3 is 0 Å². The third-order valence-corrected chi connectivity index (χ3v) is 1.83. The van der Waals surface area contributed by atoms with Crippen molar-refractivity contribution in [2.75, 3.05) is 5.73 Å². The minimum atomic E-state index is -0.183. The monoisotopic (exact) mass is 176 g/mol. The summed E-state index contributed by atoms with van der Waals surface area (Å²) >= 11 is 0. The Morgan fingerprint density at radius 3 is 3.00 bits per heavy atom. The zero-order valence-electron chi connectivity index (χ0n) is 7.06. The predicted molar refractivity (Wildman–Crippen MR) is 49.2 cm³/mol. The van der Waals surface area contributed by atoms with Gasteiger partial charge in [0.05, 0.1) is 5.39 Å². The molecule has 1 heterocycles. The van der Waals surface area contributed by atoms with Gasteiger partial charge in [-0.05, 0) is 18.2 Å². The van der Waals surface area contributed by atoms with Crippen LogP contribution in [0.3, 0.4) is 0 Å². The Labute approximate surface area is 73.8 Å². The third-order valence-electron chi connectivity index (χ3n) is 1.83. The van der Waals surface area contributed by atoms with E-state index in [1.807, 2.05) is 0 Å². The van der Waals surface area contributed by atoms with Crippen molar-refractivity contribution in [2.45, 2.75) is 0 Å². The first kappa shape index (κ1) is 7.72. The molecular formula is C8H8N4O. The average molecular weight is 176 g/mol. The summed E-state index contributed by atoms with van der Waals surface area (Å²) in [4.78, 5) is 11.5. The van der Waals surface area contributed by atoms with Crippen LogP contribution in [0, 0.1) is 0 Å². The summed E-state index contributed by atoms with van der Waals surface area (Å²) in [5, 5.41) is 7.99. The number of nitrogens with zero attached hydrogens (tertiary/aromatic N) is 3. The maximum absolute atomic E-state index is 11.5. The molecule has 0 atom stereocenters. The molecule has 5 nitrogen and oxygen atoms in total. The molecule has 0 saturated heterocycles. The molecule has 2 aromatic rings. The number of anilines is 1. The second kappa shape index (κ2) is 2.55. The number of aryl methyl sites for hydroxylation is 1. The van der Waals surface area contributed by atoms with Gasteiger partial charge in [0.1, 0.15) is 5.52 Å². The van der Waals surface area contributed by atoms with E-state index in [0.717, 1.165) is 0 Å². The smallest absolute Gasteiger partial charge is 0.277 e. The maximum Gasteiger partial charge on any atom is 0.277 e. The second-order valence-electron chi connectivity index (χ2n) is 2.79. The van der Waals surface area contributed by atoms with E-state index in [-0.39, 0.29) is 5.56 Å². The topological polar surface area (TPSA) is 73.8 Å². The molecule has 0 fully saturated rings. The molecule has 0 unspecified atom stereocenters. The quantitative estimate of drug-likeness (QED) is 0.569. The van der Waals surface area contributed by atoms with Crippen molar-refractivity contribution >= 4 is 16.6 Å². The number of hydrogen-bond donors (Lipinski definition) is 1.